The van der Waals surface area contributed by atoms with E-state index in [9.17, 15) is 4.79 Å². The number of carbonyl (C=O) groups is 1. The molecule has 7 nitrogen and oxygen atoms in total. The molecule has 2 atom stereocenters. The molecule has 0 N–H and O–H groups in total. The highest BCUT2D eigenvalue weighted by molar-refractivity contribution is 5.90. The van der Waals surface area contributed by atoms with Gasteiger partial charge in [-0.1, -0.05) is 13.8 Å². The Morgan fingerprint density at radius 3 is 2.74 bits per heavy atom. The minimum Gasteiger partial charge on any atom is -0.480 e. The largest absolute Gasteiger partial charge is 0.480 e. The van der Waals surface area contributed by atoms with E-state index in [2.05, 4.69) is 22.2 Å². The molecule has 0 saturated heterocycles. The van der Waals surface area contributed by atoms with Gasteiger partial charge in [-0.3, -0.25) is 0 Å². The molecule has 23 heavy (non-hydrogen) atoms. The van der Waals surface area contributed by atoms with Crippen molar-refractivity contribution in [3.63, 3.8) is 0 Å². The molecular formula is C16H20N4O3. The van der Waals surface area contributed by atoms with Crippen molar-refractivity contribution < 1.29 is 14.3 Å². The first kappa shape index (κ1) is 15.5. The van der Waals surface area contributed by atoms with Crippen molar-refractivity contribution in [3.8, 4) is 11.7 Å². The Balaban J connectivity index is 1.79. The molecule has 0 unspecified atom stereocenters. The number of hydrogen-bond acceptors (Lipinski definition) is 6. The summed E-state index contributed by atoms with van der Waals surface area (Å²) in [5.41, 5.74) is 1.25. The standard InChI is InChI=1S/C16H20N4O3/c1-4-13-12(16(21)23-9-11-7-10(11)2)8-17-20(13)14-5-6-15(22-3)19-18-14/h5-6,8,10-11H,4,7,9H2,1-3H3/t10-,11-/m1/s1. The molecule has 2 heterocycles. The third-order valence-electron chi connectivity index (χ3n) is 4.18. The highest BCUT2D eigenvalue weighted by atomic mass is 16.5. The third kappa shape index (κ3) is 3.18. The van der Waals surface area contributed by atoms with Crippen LogP contribution in [0, 0.1) is 11.8 Å². The highest BCUT2D eigenvalue weighted by Gasteiger charge is 2.34. The Bertz CT molecular complexity index is 696. The van der Waals surface area contributed by atoms with Gasteiger partial charge < -0.3 is 9.47 Å². The van der Waals surface area contributed by atoms with Gasteiger partial charge in [0.15, 0.2) is 5.82 Å². The second kappa shape index (κ2) is 6.36. The number of nitrogens with zero attached hydrogens (tertiary/aromatic N) is 4. The highest BCUT2D eigenvalue weighted by Crippen LogP contribution is 2.37. The summed E-state index contributed by atoms with van der Waals surface area (Å²) in [6.07, 6.45) is 3.30. The molecule has 1 aliphatic carbocycles. The Kier molecular flexibility index (Phi) is 4.27. The summed E-state index contributed by atoms with van der Waals surface area (Å²) in [5.74, 6) is 1.81. The fraction of sp³-hybridized carbons (Fsp3) is 0.500. The lowest BCUT2D eigenvalue weighted by Crippen LogP contribution is -2.12. The summed E-state index contributed by atoms with van der Waals surface area (Å²) in [7, 11) is 1.53. The van der Waals surface area contributed by atoms with Crippen molar-refractivity contribution in [1.82, 2.24) is 20.0 Å². The number of carbonyl (C=O) groups excluding carboxylic acids is 1. The van der Waals surface area contributed by atoms with Gasteiger partial charge in [0.25, 0.3) is 0 Å². The summed E-state index contributed by atoms with van der Waals surface area (Å²) in [6.45, 7) is 4.61. The zero-order chi connectivity index (χ0) is 16.4. The first-order chi connectivity index (χ1) is 11.1. The van der Waals surface area contributed by atoms with E-state index in [1.54, 1.807) is 16.8 Å². The molecule has 0 amide bonds. The van der Waals surface area contributed by atoms with Crippen molar-refractivity contribution in [3.05, 3.63) is 29.6 Å². The van der Waals surface area contributed by atoms with Crippen LogP contribution in [0.5, 0.6) is 5.88 Å². The quantitative estimate of drug-likeness (QED) is 0.759. The van der Waals surface area contributed by atoms with Gasteiger partial charge in [-0.05, 0) is 30.7 Å². The van der Waals surface area contributed by atoms with Crippen molar-refractivity contribution >= 4 is 5.97 Å². The van der Waals surface area contributed by atoms with Crippen LogP contribution in [0.2, 0.25) is 0 Å². The van der Waals surface area contributed by atoms with Crippen LogP contribution < -0.4 is 4.74 Å². The van der Waals surface area contributed by atoms with Crippen molar-refractivity contribution in [2.75, 3.05) is 13.7 Å². The normalized spacial score (nSPS) is 19.4. The predicted molar refractivity (Wildman–Crippen MR) is 82.6 cm³/mol. The number of hydrogen-bond donors (Lipinski definition) is 0. The van der Waals surface area contributed by atoms with Crippen LogP contribution in [-0.2, 0) is 11.2 Å². The van der Waals surface area contributed by atoms with Crippen molar-refractivity contribution in [1.29, 1.82) is 0 Å². The van der Waals surface area contributed by atoms with E-state index < -0.39 is 0 Å². The van der Waals surface area contributed by atoms with E-state index in [1.165, 1.54) is 13.3 Å². The van der Waals surface area contributed by atoms with E-state index in [0.717, 1.165) is 12.1 Å². The van der Waals surface area contributed by atoms with Crippen LogP contribution in [0.25, 0.3) is 5.82 Å². The van der Waals surface area contributed by atoms with Gasteiger partial charge in [-0.15, -0.1) is 10.2 Å². The lowest BCUT2D eigenvalue weighted by molar-refractivity contribution is 0.0480. The summed E-state index contributed by atoms with van der Waals surface area (Å²) < 4.78 is 12.0. The summed E-state index contributed by atoms with van der Waals surface area (Å²) in [6, 6.07) is 3.45. The molecule has 0 aromatic carbocycles. The van der Waals surface area contributed by atoms with Crippen LogP contribution >= 0.6 is 0 Å². The molecule has 2 aromatic heterocycles. The lowest BCUT2D eigenvalue weighted by atomic mass is 10.2. The maximum Gasteiger partial charge on any atom is 0.341 e. The maximum absolute atomic E-state index is 12.3. The summed E-state index contributed by atoms with van der Waals surface area (Å²) in [5, 5.41) is 12.3. The molecule has 0 spiro atoms. The Labute approximate surface area is 134 Å². The van der Waals surface area contributed by atoms with Gasteiger partial charge in [-0.2, -0.15) is 5.10 Å². The molecule has 7 heteroatoms. The lowest BCUT2D eigenvalue weighted by Gasteiger charge is -2.07. The Morgan fingerprint density at radius 2 is 2.17 bits per heavy atom. The molecule has 1 fully saturated rings. The zero-order valence-corrected chi connectivity index (χ0v) is 13.5. The maximum atomic E-state index is 12.3. The zero-order valence-electron chi connectivity index (χ0n) is 13.5. The van der Waals surface area contributed by atoms with Crippen LogP contribution in [0.15, 0.2) is 18.3 Å². The van der Waals surface area contributed by atoms with Crippen molar-refractivity contribution in [2.24, 2.45) is 11.8 Å². The van der Waals surface area contributed by atoms with Crippen molar-refractivity contribution in [2.45, 2.75) is 26.7 Å². The average Bonchev–Trinajstić information content (AvgIpc) is 3.12. The topological polar surface area (TPSA) is 79.1 Å². The number of methoxy groups -OCH3 is 1. The summed E-state index contributed by atoms with van der Waals surface area (Å²) >= 11 is 0. The van der Waals surface area contributed by atoms with Gasteiger partial charge in [-0.25, -0.2) is 9.48 Å². The van der Waals surface area contributed by atoms with Crippen LogP contribution in [0.1, 0.15) is 36.3 Å². The van der Waals surface area contributed by atoms with Gasteiger partial charge in [0.05, 0.1) is 25.6 Å². The Hall–Kier alpha value is -2.44. The molecule has 1 aliphatic rings. The van der Waals surface area contributed by atoms with E-state index >= 15 is 0 Å². The summed E-state index contributed by atoms with van der Waals surface area (Å²) in [4.78, 5) is 12.3. The molecule has 0 radical (unpaired) electrons. The molecule has 2 aromatic rings. The average molecular weight is 316 g/mol. The molecule has 122 valence electrons. The molecule has 1 saturated carbocycles. The number of rotatable bonds is 6. The van der Waals surface area contributed by atoms with Gasteiger partial charge in [0, 0.05) is 6.07 Å². The molecule has 3 rings (SSSR count). The van der Waals surface area contributed by atoms with Gasteiger partial charge in [0.1, 0.15) is 5.56 Å². The minimum atomic E-state index is -0.325. The first-order valence-electron chi connectivity index (χ1n) is 7.76. The van der Waals surface area contributed by atoms with Crippen LogP contribution in [-0.4, -0.2) is 39.7 Å². The number of esters is 1. The van der Waals surface area contributed by atoms with E-state index in [1.807, 2.05) is 6.92 Å². The predicted octanol–water partition coefficient (Wildman–Crippen LogP) is 2.05. The van der Waals surface area contributed by atoms with E-state index in [0.29, 0.717) is 42.1 Å². The smallest absolute Gasteiger partial charge is 0.341 e. The first-order valence-corrected chi connectivity index (χ1v) is 7.76. The number of ether oxygens (including phenoxy) is 2. The fourth-order valence-electron chi connectivity index (χ4n) is 2.51. The molecule has 0 aliphatic heterocycles. The fourth-order valence-corrected chi connectivity index (χ4v) is 2.51. The Morgan fingerprint density at radius 1 is 1.39 bits per heavy atom. The van der Waals surface area contributed by atoms with E-state index in [-0.39, 0.29) is 5.97 Å². The van der Waals surface area contributed by atoms with Gasteiger partial charge >= 0.3 is 5.97 Å². The minimum absolute atomic E-state index is 0.325. The second-order valence-corrected chi connectivity index (χ2v) is 5.78. The van der Waals surface area contributed by atoms with Gasteiger partial charge in [0.2, 0.25) is 5.88 Å². The third-order valence-corrected chi connectivity index (χ3v) is 4.18. The molecule has 0 bridgehead atoms. The number of aromatic nitrogens is 4. The van der Waals surface area contributed by atoms with Crippen LogP contribution in [0.3, 0.4) is 0 Å². The van der Waals surface area contributed by atoms with E-state index in [4.69, 9.17) is 9.47 Å². The SMILES string of the molecule is CCc1c(C(=O)OC[C@H]2C[C@H]2C)cnn1-c1ccc(OC)nn1. The monoisotopic (exact) mass is 316 g/mol. The molecular weight excluding hydrogens is 296 g/mol. The second-order valence-electron chi connectivity index (χ2n) is 5.78. The van der Waals surface area contributed by atoms with Crippen LogP contribution in [0.4, 0.5) is 0 Å².